The summed E-state index contributed by atoms with van der Waals surface area (Å²) in [5.74, 6) is -0.0531. The third-order valence-corrected chi connectivity index (χ3v) is 5.02. The summed E-state index contributed by atoms with van der Waals surface area (Å²) in [5.41, 5.74) is 2.71. The van der Waals surface area contributed by atoms with Crippen molar-refractivity contribution in [2.75, 3.05) is 5.32 Å². The molecule has 2 aromatic heterocycles. The fourth-order valence-electron chi connectivity index (χ4n) is 2.65. The topological polar surface area (TPSA) is 64.7 Å². The lowest BCUT2D eigenvalue weighted by molar-refractivity contribution is -0.111. The maximum Gasteiger partial charge on any atom is 0.249 e. The molecule has 0 saturated carbocycles. The van der Waals surface area contributed by atoms with E-state index in [1.807, 2.05) is 24.6 Å². The van der Waals surface area contributed by atoms with E-state index < -0.39 is 0 Å². The van der Waals surface area contributed by atoms with Crippen LogP contribution in [0.25, 0.3) is 6.08 Å². The van der Waals surface area contributed by atoms with Crippen LogP contribution in [0.3, 0.4) is 0 Å². The zero-order valence-corrected chi connectivity index (χ0v) is 17.6. The average Bonchev–Trinajstić information content (AvgIpc) is 3.17. The van der Waals surface area contributed by atoms with Crippen molar-refractivity contribution >= 4 is 52.6 Å². The minimum atomic E-state index is -0.333. The summed E-state index contributed by atoms with van der Waals surface area (Å²) in [6.45, 7) is 5.14. The standard InChI is InChI=1S/C19H18Cl3N5O/c1-3-27-12(2)13(9-23-27)5-7-18(28)24-19-17(22)11-26(25-19)10-14-4-6-15(20)8-16(14)21/h4-9,11H,3,10H2,1-2H3,(H,24,25,28)/b7-5+. The van der Waals surface area contributed by atoms with Gasteiger partial charge in [0.05, 0.1) is 12.7 Å². The molecule has 0 unspecified atom stereocenters. The van der Waals surface area contributed by atoms with Crippen LogP contribution in [0, 0.1) is 6.92 Å². The second-order valence-electron chi connectivity index (χ2n) is 6.08. The number of benzene rings is 1. The van der Waals surface area contributed by atoms with Gasteiger partial charge in [0.2, 0.25) is 5.91 Å². The lowest BCUT2D eigenvalue weighted by Gasteiger charge is -2.05. The van der Waals surface area contributed by atoms with Gasteiger partial charge in [-0.1, -0.05) is 40.9 Å². The van der Waals surface area contributed by atoms with Crippen LogP contribution in [0.1, 0.15) is 23.7 Å². The molecule has 1 aromatic carbocycles. The quantitative estimate of drug-likeness (QED) is 0.547. The third-order valence-electron chi connectivity index (χ3n) is 4.16. The summed E-state index contributed by atoms with van der Waals surface area (Å²) < 4.78 is 3.46. The van der Waals surface area contributed by atoms with Crippen LogP contribution in [0.4, 0.5) is 5.82 Å². The van der Waals surface area contributed by atoms with Crippen LogP contribution in [0.15, 0.2) is 36.7 Å². The van der Waals surface area contributed by atoms with E-state index in [1.54, 1.807) is 35.3 Å². The number of halogens is 3. The number of rotatable bonds is 6. The lowest BCUT2D eigenvalue weighted by Crippen LogP contribution is -2.09. The maximum atomic E-state index is 12.2. The molecule has 0 spiro atoms. The minimum Gasteiger partial charge on any atom is -0.304 e. The number of carbonyl (C=O) groups is 1. The van der Waals surface area contributed by atoms with Crippen molar-refractivity contribution in [2.45, 2.75) is 26.9 Å². The molecule has 0 saturated heterocycles. The van der Waals surface area contributed by atoms with Crippen molar-refractivity contribution in [1.29, 1.82) is 0 Å². The van der Waals surface area contributed by atoms with Crippen molar-refractivity contribution in [3.8, 4) is 0 Å². The molecule has 146 valence electrons. The number of hydrogen-bond donors (Lipinski definition) is 1. The molecule has 0 atom stereocenters. The van der Waals surface area contributed by atoms with E-state index in [9.17, 15) is 4.79 Å². The molecule has 0 aliphatic carbocycles. The van der Waals surface area contributed by atoms with Gasteiger partial charge in [-0.25, -0.2) is 0 Å². The molecule has 1 N–H and O–H groups in total. The van der Waals surface area contributed by atoms with Gasteiger partial charge < -0.3 is 5.32 Å². The van der Waals surface area contributed by atoms with Crippen LogP contribution < -0.4 is 5.32 Å². The predicted molar refractivity (Wildman–Crippen MR) is 113 cm³/mol. The SMILES string of the molecule is CCn1ncc(/C=C/C(=O)Nc2nn(Cc3ccc(Cl)cc3Cl)cc2Cl)c1C. The first kappa shape index (κ1) is 20.5. The Hall–Kier alpha value is -2.28. The van der Waals surface area contributed by atoms with Gasteiger partial charge in [-0.2, -0.15) is 10.2 Å². The predicted octanol–water partition coefficient (Wildman–Crippen LogP) is 5.07. The van der Waals surface area contributed by atoms with Crippen molar-refractivity contribution in [3.05, 3.63) is 68.6 Å². The highest BCUT2D eigenvalue weighted by Crippen LogP contribution is 2.24. The number of carbonyl (C=O) groups excluding carboxylic acids is 1. The first-order valence-electron chi connectivity index (χ1n) is 8.55. The van der Waals surface area contributed by atoms with Crippen molar-refractivity contribution in [3.63, 3.8) is 0 Å². The molecule has 3 aromatic rings. The number of aromatic nitrogens is 4. The summed E-state index contributed by atoms with van der Waals surface area (Å²) in [7, 11) is 0. The van der Waals surface area contributed by atoms with Gasteiger partial charge in [0, 0.05) is 40.1 Å². The molecule has 6 nitrogen and oxygen atoms in total. The molecular formula is C19H18Cl3N5O. The number of hydrogen-bond acceptors (Lipinski definition) is 3. The fourth-order valence-corrected chi connectivity index (χ4v) is 3.32. The van der Waals surface area contributed by atoms with Crippen molar-refractivity contribution in [1.82, 2.24) is 19.6 Å². The second kappa shape index (κ2) is 8.82. The summed E-state index contributed by atoms with van der Waals surface area (Å²) in [6.07, 6.45) is 6.49. The zero-order valence-electron chi connectivity index (χ0n) is 15.3. The van der Waals surface area contributed by atoms with Crippen LogP contribution in [-0.4, -0.2) is 25.5 Å². The van der Waals surface area contributed by atoms with E-state index >= 15 is 0 Å². The number of nitrogens with one attached hydrogen (secondary N) is 1. The largest absolute Gasteiger partial charge is 0.304 e. The minimum absolute atomic E-state index is 0.280. The molecule has 2 heterocycles. The number of aryl methyl sites for hydroxylation is 1. The lowest BCUT2D eigenvalue weighted by atomic mass is 10.2. The molecule has 9 heteroatoms. The zero-order chi connectivity index (χ0) is 20.3. The van der Waals surface area contributed by atoms with Crippen LogP contribution in [-0.2, 0) is 17.9 Å². The first-order chi connectivity index (χ1) is 13.4. The average molecular weight is 439 g/mol. The molecule has 0 radical (unpaired) electrons. The van der Waals surface area contributed by atoms with Crippen molar-refractivity contribution < 1.29 is 4.79 Å². The van der Waals surface area contributed by atoms with E-state index in [1.165, 1.54) is 6.08 Å². The fraction of sp³-hybridized carbons (Fsp3) is 0.211. The van der Waals surface area contributed by atoms with E-state index in [4.69, 9.17) is 34.8 Å². The Bertz CT molecular complexity index is 1040. The Labute approximate surface area is 177 Å². The second-order valence-corrected chi connectivity index (χ2v) is 7.33. The Morgan fingerprint density at radius 2 is 2.04 bits per heavy atom. The van der Waals surface area contributed by atoms with Gasteiger partial charge in [-0.15, -0.1) is 0 Å². The molecule has 3 rings (SSSR count). The van der Waals surface area contributed by atoms with Crippen LogP contribution in [0.2, 0.25) is 15.1 Å². The smallest absolute Gasteiger partial charge is 0.249 e. The Morgan fingerprint density at radius 3 is 2.71 bits per heavy atom. The molecule has 1 amide bonds. The summed E-state index contributed by atoms with van der Waals surface area (Å²) in [4.78, 5) is 12.2. The highest BCUT2D eigenvalue weighted by Gasteiger charge is 2.11. The van der Waals surface area contributed by atoms with Gasteiger partial charge in [0.25, 0.3) is 0 Å². The van der Waals surface area contributed by atoms with E-state index in [2.05, 4.69) is 15.5 Å². The monoisotopic (exact) mass is 437 g/mol. The molecule has 0 aliphatic rings. The van der Waals surface area contributed by atoms with Gasteiger partial charge in [-0.3, -0.25) is 14.2 Å². The maximum absolute atomic E-state index is 12.2. The molecule has 28 heavy (non-hydrogen) atoms. The van der Waals surface area contributed by atoms with Crippen molar-refractivity contribution in [2.24, 2.45) is 0 Å². The Kier molecular flexibility index (Phi) is 6.44. The number of nitrogens with zero attached hydrogens (tertiary/aromatic N) is 4. The third kappa shape index (κ3) is 4.76. The number of amides is 1. The highest BCUT2D eigenvalue weighted by molar-refractivity contribution is 6.35. The molecule has 0 aliphatic heterocycles. The normalized spacial score (nSPS) is 11.3. The summed E-state index contributed by atoms with van der Waals surface area (Å²) in [6, 6.07) is 5.24. The van der Waals surface area contributed by atoms with Crippen LogP contribution >= 0.6 is 34.8 Å². The molecule has 0 fully saturated rings. The first-order valence-corrected chi connectivity index (χ1v) is 9.69. The number of anilines is 1. The van der Waals surface area contributed by atoms with E-state index in [-0.39, 0.29) is 11.7 Å². The van der Waals surface area contributed by atoms with E-state index in [0.717, 1.165) is 23.4 Å². The van der Waals surface area contributed by atoms with Gasteiger partial charge >= 0.3 is 0 Å². The summed E-state index contributed by atoms with van der Waals surface area (Å²) in [5, 5.41) is 12.7. The van der Waals surface area contributed by atoms with Crippen LogP contribution in [0.5, 0.6) is 0 Å². The van der Waals surface area contributed by atoms with E-state index in [0.29, 0.717) is 21.6 Å². The highest BCUT2D eigenvalue weighted by atomic mass is 35.5. The van der Waals surface area contributed by atoms with Gasteiger partial charge in [0.15, 0.2) is 5.82 Å². The van der Waals surface area contributed by atoms with Gasteiger partial charge in [-0.05, 0) is 37.6 Å². The summed E-state index contributed by atoms with van der Waals surface area (Å²) >= 11 is 18.3. The van der Waals surface area contributed by atoms with Gasteiger partial charge in [0.1, 0.15) is 5.02 Å². The Morgan fingerprint density at radius 1 is 1.25 bits per heavy atom. The molecular weight excluding hydrogens is 421 g/mol. The molecule has 0 bridgehead atoms. The Balaban J connectivity index is 1.68.